The number of carbonyl (C=O) groups excluding carboxylic acids is 5. The highest BCUT2D eigenvalue weighted by atomic mass is 32.2. The van der Waals surface area contributed by atoms with Crippen molar-refractivity contribution in [3.05, 3.63) is 0 Å². The highest BCUT2D eigenvalue weighted by Gasteiger charge is 2.61. The minimum absolute atomic E-state index is 0.0708. The average Bonchev–Trinajstić information content (AvgIpc) is 3.13. The number of carbonyl (C=O) groups is 5. The van der Waals surface area contributed by atoms with Crippen LogP contribution in [0.1, 0.15) is 81.6 Å². The Morgan fingerprint density at radius 3 is 2.10 bits per heavy atom. The second kappa shape index (κ2) is 12.9. The highest BCUT2D eigenvalue weighted by Crippen LogP contribution is 2.57. The van der Waals surface area contributed by atoms with E-state index in [1.165, 1.54) is 4.90 Å². The van der Waals surface area contributed by atoms with Crippen LogP contribution < -0.4 is 16.0 Å². The van der Waals surface area contributed by atoms with Gasteiger partial charge in [-0.2, -0.15) is 0 Å². The summed E-state index contributed by atoms with van der Waals surface area (Å²) in [6.07, 6.45) is 1.77. The first-order valence-electron chi connectivity index (χ1n) is 14.6. The van der Waals surface area contributed by atoms with Crippen molar-refractivity contribution in [3.8, 4) is 0 Å². The number of sulfone groups is 1. The van der Waals surface area contributed by atoms with Gasteiger partial charge in [-0.1, -0.05) is 48.0 Å². The van der Waals surface area contributed by atoms with Gasteiger partial charge in [0.1, 0.15) is 27.5 Å². The zero-order valence-corrected chi connectivity index (χ0v) is 27.6. The third-order valence-corrected chi connectivity index (χ3v) is 8.77. The van der Waals surface area contributed by atoms with E-state index < -0.39 is 68.6 Å². The van der Waals surface area contributed by atoms with Crippen LogP contribution in [0.4, 0.5) is 4.79 Å². The third kappa shape index (κ3) is 9.15. The molecule has 0 spiro atoms. The molecule has 1 heterocycles. The molecule has 1 aliphatic carbocycles. The van der Waals surface area contributed by atoms with Crippen LogP contribution in [-0.4, -0.2) is 91.7 Å². The molecule has 0 aromatic rings. The van der Waals surface area contributed by atoms with Crippen molar-refractivity contribution in [2.24, 2.45) is 22.7 Å². The first kappa shape index (κ1) is 35.5. The molecule has 1 aliphatic heterocycles. The Morgan fingerprint density at radius 2 is 1.62 bits per heavy atom. The van der Waals surface area contributed by atoms with E-state index in [0.29, 0.717) is 13.0 Å². The number of likely N-dealkylation sites (tertiary alicyclic amines) is 1. The van der Waals surface area contributed by atoms with Crippen molar-refractivity contribution >= 4 is 39.4 Å². The minimum atomic E-state index is -3.34. The van der Waals surface area contributed by atoms with Crippen molar-refractivity contribution in [3.63, 3.8) is 0 Å². The Balaban J connectivity index is 2.32. The normalized spacial score (nSPS) is 23.1. The van der Waals surface area contributed by atoms with Crippen LogP contribution in [0.25, 0.3) is 0 Å². The molecule has 5 atom stereocenters. The topological polar surface area (TPSA) is 168 Å². The summed E-state index contributed by atoms with van der Waals surface area (Å²) >= 11 is 0. The fourth-order valence-electron chi connectivity index (χ4n) is 6.02. The van der Waals surface area contributed by atoms with Crippen LogP contribution in [0.3, 0.4) is 0 Å². The number of nitrogens with zero attached hydrogens (tertiary/aromatic N) is 1. The molecule has 0 bridgehead atoms. The zero-order valence-electron chi connectivity index (χ0n) is 26.8. The van der Waals surface area contributed by atoms with Crippen LogP contribution >= 0.6 is 0 Å². The molecule has 4 amide bonds. The van der Waals surface area contributed by atoms with Crippen molar-refractivity contribution in [2.45, 2.75) is 105 Å². The van der Waals surface area contributed by atoms with Crippen LogP contribution in [0.2, 0.25) is 0 Å². The average molecular weight is 615 g/mol. The van der Waals surface area contributed by atoms with E-state index >= 15 is 0 Å². The Morgan fingerprint density at radius 1 is 1.02 bits per heavy atom. The second-order valence-electron chi connectivity index (χ2n) is 14.5. The molecular weight excluding hydrogens is 564 g/mol. The highest BCUT2D eigenvalue weighted by molar-refractivity contribution is 7.90. The lowest BCUT2D eigenvalue weighted by molar-refractivity contribution is -0.146. The van der Waals surface area contributed by atoms with Crippen LogP contribution in [0.15, 0.2) is 0 Å². The molecule has 0 radical (unpaired) electrons. The van der Waals surface area contributed by atoms with Gasteiger partial charge in [0.2, 0.25) is 17.6 Å². The molecule has 0 aromatic heterocycles. The number of fused-ring (bicyclic) bond motifs is 1. The van der Waals surface area contributed by atoms with E-state index in [1.54, 1.807) is 27.7 Å². The maximum atomic E-state index is 14.1. The number of Topliss-reactive ketones (excluding diaryl/α,β-unsaturated/α-hetero) is 1. The summed E-state index contributed by atoms with van der Waals surface area (Å²) in [6.45, 7) is 16.6. The predicted octanol–water partition coefficient (Wildman–Crippen LogP) is 1.81. The van der Waals surface area contributed by atoms with Gasteiger partial charge in [0.25, 0.3) is 5.91 Å². The van der Waals surface area contributed by atoms with Crippen molar-refractivity contribution in [1.29, 1.82) is 0 Å². The monoisotopic (exact) mass is 614 g/mol. The molecule has 0 aromatic carbocycles. The van der Waals surface area contributed by atoms with E-state index in [1.807, 2.05) is 34.6 Å². The van der Waals surface area contributed by atoms with E-state index in [2.05, 4.69) is 16.0 Å². The van der Waals surface area contributed by atoms with Crippen molar-refractivity contribution < 1.29 is 37.1 Å². The van der Waals surface area contributed by atoms with Gasteiger partial charge in [-0.15, -0.1) is 0 Å². The Bertz CT molecular complexity index is 1170. The van der Waals surface area contributed by atoms with E-state index in [0.717, 1.165) is 12.7 Å². The Hall–Kier alpha value is -2.70. The number of alkyl carbamates (subject to hydrolysis) is 1. The largest absolute Gasteiger partial charge is 0.444 e. The summed E-state index contributed by atoms with van der Waals surface area (Å²) in [5, 5.41) is 7.76. The molecule has 2 aliphatic rings. The lowest BCUT2D eigenvalue weighted by atomic mass is 9.55. The SMILES string of the molecule is CCCC(NC(=O)[C@@H]1[C@@H]2[C@H](CN1C(=O)[C@@H](NC(=O)OC(C)(C)C)C(C)(C)C)CC2(C)C)C(=O)C(=O)NCCS(C)(=O)=O. The Kier molecular flexibility index (Phi) is 10.9. The fourth-order valence-corrected chi connectivity index (χ4v) is 6.49. The van der Waals surface area contributed by atoms with Gasteiger partial charge < -0.3 is 25.6 Å². The smallest absolute Gasteiger partial charge is 0.408 e. The molecule has 12 nitrogen and oxygen atoms in total. The predicted molar refractivity (Wildman–Crippen MR) is 158 cm³/mol. The van der Waals surface area contributed by atoms with Crippen LogP contribution in [0, 0.1) is 22.7 Å². The summed E-state index contributed by atoms with van der Waals surface area (Å²) in [5.74, 6) is -3.24. The minimum Gasteiger partial charge on any atom is -0.444 e. The fraction of sp³-hybridized carbons (Fsp3) is 0.828. The first-order chi connectivity index (χ1) is 19.0. The maximum absolute atomic E-state index is 14.1. The van der Waals surface area contributed by atoms with Gasteiger partial charge in [0.15, 0.2) is 0 Å². The molecule has 13 heteroatoms. The van der Waals surface area contributed by atoms with Crippen molar-refractivity contribution in [2.75, 3.05) is 25.1 Å². The summed E-state index contributed by atoms with van der Waals surface area (Å²) in [4.78, 5) is 67.7. The molecule has 1 saturated heterocycles. The number of ether oxygens (including phenoxy) is 1. The van der Waals surface area contributed by atoms with Crippen LogP contribution in [0.5, 0.6) is 0 Å². The molecule has 1 saturated carbocycles. The van der Waals surface area contributed by atoms with Gasteiger partial charge in [0.05, 0.1) is 11.8 Å². The molecular formula is C29H50N4O8S. The molecule has 2 fully saturated rings. The number of ketones is 1. The molecule has 42 heavy (non-hydrogen) atoms. The third-order valence-electron chi connectivity index (χ3n) is 7.82. The first-order valence-corrected chi connectivity index (χ1v) is 16.6. The number of hydrogen-bond donors (Lipinski definition) is 3. The summed E-state index contributed by atoms with van der Waals surface area (Å²) < 4.78 is 28.2. The van der Waals surface area contributed by atoms with Gasteiger partial charge in [-0.05, 0) is 56.3 Å². The zero-order chi connectivity index (χ0) is 32.4. The lowest BCUT2D eigenvalue weighted by Crippen LogP contribution is -2.61. The standard InChI is InChI=1S/C29H50N4O8S/c1-11-12-18(21(34)24(36)30-13-14-42(10,39)40)31-23(35)20-19-17(15-29(19,8)9)16-33(20)25(37)22(27(2,3)4)32-26(38)41-28(5,6)7/h17-20,22H,11-16H2,1-10H3,(H,30,36)(H,31,35)(H,32,38)/t17-,18?,19-,20-,22+/m0/s1. The molecule has 3 N–H and O–H groups in total. The van der Waals surface area contributed by atoms with E-state index in [-0.39, 0.29) is 36.0 Å². The molecule has 2 rings (SSSR count). The van der Waals surface area contributed by atoms with Gasteiger partial charge >= 0.3 is 6.09 Å². The molecule has 1 unspecified atom stereocenters. The number of amides is 4. The Labute approximate surface area is 250 Å². The summed E-state index contributed by atoms with van der Waals surface area (Å²) in [7, 11) is -3.34. The lowest BCUT2D eigenvalue weighted by Gasteiger charge is -2.49. The van der Waals surface area contributed by atoms with Gasteiger partial charge in [-0.25, -0.2) is 13.2 Å². The molecule has 240 valence electrons. The quantitative estimate of drug-likeness (QED) is 0.296. The number of rotatable bonds is 11. The summed E-state index contributed by atoms with van der Waals surface area (Å²) in [6, 6.07) is -3.04. The van der Waals surface area contributed by atoms with E-state index in [9.17, 15) is 32.4 Å². The van der Waals surface area contributed by atoms with Gasteiger partial charge in [0, 0.05) is 19.3 Å². The maximum Gasteiger partial charge on any atom is 0.408 e. The van der Waals surface area contributed by atoms with Crippen LogP contribution in [-0.2, 0) is 33.8 Å². The number of nitrogens with one attached hydrogen (secondary N) is 3. The number of hydrogen-bond acceptors (Lipinski definition) is 8. The van der Waals surface area contributed by atoms with Crippen molar-refractivity contribution in [1.82, 2.24) is 20.9 Å². The van der Waals surface area contributed by atoms with E-state index in [4.69, 9.17) is 4.74 Å². The summed E-state index contributed by atoms with van der Waals surface area (Å²) in [5.41, 5.74) is -1.73. The second-order valence-corrected chi connectivity index (χ2v) is 16.7. The van der Waals surface area contributed by atoms with Gasteiger partial charge in [-0.3, -0.25) is 19.2 Å².